The molecule has 0 fully saturated rings. The largest absolute Gasteiger partial charge is 0.497 e. The smallest absolute Gasteiger partial charge is 0.123 e. The molecule has 2 aromatic carbocycles. The van der Waals surface area contributed by atoms with Crippen LogP contribution < -0.4 is 14.8 Å². The Hall–Kier alpha value is -2.77. The number of hydrogen-bond donors (Lipinski definition) is 2. The summed E-state index contributed by atoms with van der Waals surface area (Å²) in [5, 5.41) is 9.63. The molecule has 2 N–H and O–H groups in total. The van der Waals surface area contributed by atoms with Gasteiger partial charge in [-0.25, -0.2) is 0 Å². The van der Waals surface area contributed by atoms with Gasteiger partial charge in [-0.3, -0.25) is 4.68 Å². The number of rotatable bonds is 5. The maximum absolute atomic E-state index is 5.68. The summed E-state index contributed by atoms with van der Waals surface area (Å²) in [5.74, 6) is 1.76. The highest BCUT2D eigenvalue weighted by Gasteiger charge is 2.26. The fraction of sp³-hybridized carbons (Fsp3) is 0.320. The van der Waals surface area contributed by atoms with Crippen molar-refractivity contribution in [3.05, 3.63) is 74.6 Å². The lowest BCUT2D eigenvalue weighted by Gasteiger charge is -2.26. The van der Waals surface area contributed by atoms with Gasteiger partial charge in [0.1, 0.15) is 11.5 Å². The van der Waals surface area contributed by atoms with Crippen LogP contribution in [0.3, 0.4) is 0 Å². The molecule has 0 aliphatic carbocycles. The summed E-state index contributed by atoms with van der Waals surface area (Å²) in [7, 11) is 3.43. The Kier molecular flexibility index (Phi) is 5.47. The SMILES string of the molecule is COc1ccc2[nH]c3c(c2c1)CCN[C@H]3c1ccc(OC)c(Cn2nc(C)c(Br)c2C)c1. The number of aromatic nitrogens is 3. The number of aromatic amines is 1. The van der Waals surface area contributed by atoms with E-state index in [0.717, 1.165) is 51.4 Å². The molecule has 3 heterocycles. The summed E-state index contributed by atoms with van der Waals surface area (Å²) < 4.78 is 14.2. The van der Waals surface area contributed by atoms with Gasteiger partial charge in [-0.1, -0.05) is 6.07 Å². The second-order valence-corrected chi connectivity index (χ2v) is 9.07. The number of halogens is 1. The standard InChI is InChI=1S/C25H27BrN4O2/c1-14-23(26)15(2)30(29-14)13-17-11-16(5-8-22(17)32-4)24-25-19(9-10-27-24)20-12-18(31-3)6-7-21(20)28-25/h5-8,11-12,24,27-28H,9-10,13H2,1-4H3/t24-/m0/s1. The zero-order chi connectivity index (χ0) is 22.4. The lowest BCUT2D eigenvalue weighted by molar-refractivity contribution is 0.406. The van der Waals surface area contributed by atoms with Crippen molar-refractivity contribution in [1.29, 1.82) is 0 Å². The average molecular weight is 495 g/mol. The Morgan fingerprint density at radius 2 is 1.97 bits per heavy atom. The van der Waals surface area contributed by atoms with Gasteiger partial charge in [0, 0.05) is 28.7 Å². The molecule has 1 aliphatic heterocycles. The molecule has 32 heavy (non-hydrogen) atoms. The highest BCUT2D eigenvalue weighted by atomic mass is 79.9. The number of methoxy groups -OCH3 is 2. The maximum Gasteiger partial charge on any atom is 0.123 e. The molecule has 0 bridgehead atoms. The molecule has 7 heteroatoms. The normalized spacial score (nSPS) is 15.7. The van der Waals surface area contributed by atoms with Gasteiger partial charge in [-0.05, 0) is 77.7 Å². The molecule has 1 aliphatic rings. The summed E-state index contributed by atoms with van der Waals surface area (Å²) in [6.07, 6.45) is 0.988. The third kappa shape index (κ3) is 3.49. The number of aryl methyl sites for hydroxylation is 1. The van der Waals surface area contributed by atoms with E-state index in [9.17, 15) is 0 Å². The number of hydrogen-bond acceptors (Lipinski definition) is 4. The molecule has 0 saturated heterocycles. The lowest BCUT2D eigenvalue weighted by atomic mass is 9.93. The average Bonchev–Trinajstić information content (AvgIpc) is 3.30. The van der Waals surface area contributed by atoms with Crippen LogP contribution >= 0.6 is 15.9 Å². The number of nitrogens with one attached hydrogen (secondary N) is 2. The van der Waals surface area contributed by atoms with E-state index in [-0.39, 0.29) is 6.04 Å². The van der Waals surface area contributed by atoms with Crippen molar-refractivity contribution in [2.75, 3.05) is 20.8 Å². The molecule has 0 radical (unpaired) electrons. The van der Waals surface area contributed by atoms with Crippen LogP contribution in [0.4, 0.5) is 0 Å². The Bertz CT molecular complexity index is 1310. The number of nitrogens with zero attached hydrogens (tertiary/aromatic N) is 2. The van der Waals surface area contributed by atoms with Crippen molar-refractivity contribution < 1.29 is 9.47 Å². The van der Waals surface area contributed by atoms with Gasteiger partial charge in [-0.15, -0.1) is 0 Å². The van der Waals surface area contributed by atoms with Crippen molar-refractivity contribution in [3.63, 3.8) is 0 Å². The van der Waals surface area contributed by atoms with Gasteiger partial charge >= 0.3 is 0 Å². The van der Waals surface area contributed by atoms with Crippen molar-refractivity contribution in [1.82, 2.24) is 20.1 Å². The van der Waals surface area contributed by atoms with Crippen LogP contribution in [0.25, 0.3) is 10.9 Å². The van der Waals surface area contributed by atoms with Gasteiger partial charge in [0.15, 0.2) is 0 Å². The van der Waals surface area contributed by atoms with E-state index in [1.807, 2.05) is 17.7 Å². The van der Waals surface area contributed by atoms with Gasteiger partial charge < -0.3 is 19.8 Å². The minimum atomic E-state index is 0.0917. The highest BCUT2D eigenvalue weighted by Crippen LogP contribution is 2.36. The van der Waals surface area contributed by atoms with E-state index >= 15 is 0 Å². The van der Waals surface area contributed by atoms with Crippen LogP contribution in [0.2, 0.25) is 0 Å². The first-order chi connectivity index (χ1) is 15.5. The third-order valence-electron chi connectivity index (χ3n) is 6.41. The second kappa shape index (κ2) is 8.30. The summed E-state index contributed by atoms with van der Waals surface area (Å²) >= 11 is 3.63. The number of benzene rings is 2. The Morgan fingerprint density at radius 1 is 1.12 bits per heavy atom. The summed E-state index contributed by atoms with van der Waals surface area (Å²) in [4.78, 5) is 3.66. The predicted octanol–water partition coefficient (Wildman–Crippen LogP) is 5.04. The number of ether oxygens (including phenoxy) is 2. The molecule has 4 aromatic rings. The van der Waals surface area contributed by atoms with Gasteiger partial charge in [0.25, 0.3) is 0 Å². The third-order valence-corrected chi connectivity index (χ3v) is 7.56. The Balaban J connectivity index is 1.56. The van der Waals surface area contributed by atoms with Crippen LogP contribution in [0, 0.1) is 13.8 Å². The van der Waals surface area contributed by atoms with Gasteiger partial charge in [-0.2, -0.15) is 5.10 Å². The predicted molar refractivity (Wildman–Crippen MR) is 130 cm³/mol. The molecule has 0 unspecified atom stereocenters. The van der Waals surface area contributed by atoms with Gasteiger partial charge in [0.2, 0.25) is 0 Å². The van der Waals surface area contributed by atoms with E-state index in [1.165, 1.54) is 22.2 Å². The van der Waals surface area contributed by atoms with Crippen LogP contribution in [0.1, 0.15) is 39.8 Å². The molecule has 0 amide bonds. The molecule has 2 aromatic heterocycles. The molecule has 166 valence electrons. The molecule has 0 saturated carbocycles. The first-order valence-electron chi connectivity index (χ1n) is 10.8. The van der Waals surface area contributed by atoms with E-state index in [1.54, 1.807) is 14.2 Å². The monoisotopic (exact) mass is 494 g/mol. The van der Waals surface area contributed by atoms with E-state index in [2.05, 4.69) is 68.6 Å². The fourth-order valence-electron chi connectivity index (χ4n) is 4.71. The molecule has 1 atom stereocenters. The molecule has 6 nitrogen and oxygen atoms in total. The Labute approximate surface area is 196 Å². The summed E-state index contributed by atoms with van der Waals surface area (Å²) in [6, 6.07) is 12.8. The Morgan fingerprint density at radius 3 is 2.69 bits per heavy atom. The number of H-pyrrole nitrogens is 1. The number of fused-ring (bicyclic) bond motifs is 3. The van der Waals surface area contributed by atoms with E-state index in [4.69, 9.17) is 9.47 Å². The zero-order valence-electron chi connectivity index (χ0n) is 18.8. The molecular formula is C25H27BrN4O2. The van der Waals surface area contributed by atoms with Crippen LogP contribution in [-0.4, -0.2) is 35.5 Å². The summed E-state index contributed by atoms with van der Waals surface area (Å²) in [6.45, 7) is 5.67. The second-order valence-electron chi connectivity index (χ2n) is 8.28. The topological polar surface area (TPSA) is 64.1 Å². The zero-order valence-corrected chi connectivity index (χ0v) is 20.3. The van der Waals surface area contributed by atoms with Crippen molar-refractivity contribution in [2.24, 2.45) is 0 Å². The quantitative estimate of drug-likeness (QED) is 0.407. The minimum Gasteiger partial charge on any atom is -0.497 e. The maximum atomic E-state index is 5.68. The fourth-order valence-corrected chi connectivity index (χ4v) is 4.99. The molecular weight excluding hydrogens is 468 g/mol. The van der Waals surface area contributed by atoms with Gasteiger partial charge in [0.05, 0.1) is 42.7 Å². The molecule has 5 rings (SSSR count). The van der Waals surface area contributed by atoms with Crippen LogP contribution in [-0.2, 0) is 13.0 Å². The minimum absolute atomic E-state index is 0.0917. The van der Waals surface area contributed by atoms with Crippen molar-refractivity contribution >= 4 is 26.8 Å². The van der Waals surface area contributed by atoms with Crippen LogP contribution in [0.5, 0.6) is 11.5 Å². The molecule has 0 spiro atoms. The first-order valence-corrected chi connectivity index (χ1v) is 11.6. The van der Waals surface area contributed by atoms with Crippen LogP contribution in [0.15, 0.2) is 40.9 Å². The van der Waals surface area contributed by atoms with Crippen molar-refractivity contribution in [3.8, 4) is 11.5 Å². The first kappa shape index (κ1) is 21.1. The summed E-state index contributed by atoms with van der Waals surface area (Å²) in [5.41, 5.74) is 8.15. The van der Waals surface area contributed by atoms with Crippen molar-refractivity contribution in [2.45, 2.75) is 32.9 Å². The van der Waals surface area contributed by atoms with E-state index < -0.39 is 0 Å². The lowest BCUT2D eigenvalue weighted by Crippen LogP contribution is -2.30. The van der Waals surface area contributed by atoms with E-state index in [0.29, 0.717) is 6.54 Å². The highest BCUT2D eigenvalue weighted by molar-refractivity contribution is 9.10.